The molecule has 10 heteroatoms. The van der Waals surface area contributed by atoms with Crippen LogP contribution in [0.3, 0.4) is 0 Å². The molecule has 2 heterocycles. The second kappa shape index (κ2) is 11.0. The zero-order valence-corrected chi connectivity index (χ0v) is 20.0. The number of carbonyl (C=O) groups is 2. The molecule has 1 aliphatic heterocycles. The maximum absolute atomic E-state index is 12.9. The molecule has 2 N–H and O–H groups in total. The van der Waals surface area contributed by atoms with Crippen LogP contribution in [0.25, 0.3) is 0 Å². The summed E-state index contributed by atoms with van der Waals surface area (Å²) in [7, 11) is 0. The Morgan fingerprint density at radius 3 is 2.46 bits per heavy atom. The lowest BCUT2D eigenvalue weighted by atomic mass is 9.95. The van der Waals surface area contributed by atoms with Crippen LogP contribution in [0.15, 0.2) is 36.7 Å². The maximum Gasteiger partial charge on any atom is 0.417 e. The minimum absolute atomic E-state index is 0.0222. The van der Waals surface area contributed by atoms with Gasteiger partial charge in [0.15, 0.2) is 0 Å². The molecule has 1 aliphatic carbocycles. The van der Waals surface area contributed by atoms with Crippen molar-refractivity contribution < 1.29 is 22.8 Å². The van der Waals surface area contributed by atoms with Gasteiger partial charge in [0, 0.05) is 41.6 Å². The highest BCUT2D eigenvalue weighted by atomic mass is 35.5. The monoisotopic (exact) mass is 508 g/mol. The standard InChI is InChI=1S/C25H28ClF3N4O2/c26-22-6-5-21(32-24(35)17-11-19(14-30-13-17)25(27,28)29)12-18(22)15-33-9-7-16(8-10-33)23(34)31-20-3-1-2-4-20/h5-6,11-14,16,20H,1-4,7-10,15H2,(H,31,34)(H,32,35). The average Bonchev–Trinajstić information content (AvgIpc) is 3.34. The summed E-state index contributed by atoms with van der Waals surface area (Å²) in [5, 5.41) is 6.34. The summed E-state index contributed by atoms with van der Waals surface area (Å²) in [6.45, 7) is 2.06. The highest BCUT2D eigenvalue weighted by Crippen LogP contribution is 2.30. The van der Waals surface area contributed by atoms with E-state index in [1.165, 1.54) is 12.8 Å². The van der Waals surface area contributed by atoms with Gasteiger partial charge in [-0.2, -0.15) is 13.2 Å². The lowest BCUT2D eigenvalue weighted by molar-refractivity contribution is -0.137. The van der Waals surface area contributed by atoms with Gasteiger partial charge in [-0.3, -0.25) is 19.5 Å². The molecule has 1 aromatic heterocycles. The number of carbonyl (C=O) groups excluding carboxylic acids is 2. The molecule has 6 nitrogen and oxygen atoms in total. The Morgan fingerprint density at radius 1 is 1.06 bits per heavy atom. The molecule has 4 rings (SSSR count). The first-order chi connectivity index (χ1) is 16.7. The van der Waals surface area contributed by atoms with E-state index in [1.807, 2.05) is 0 Å². The molecule has 1 aromatic carbocycles. The van der Waals surface area contributed by atoms with Gasteiger partial charge in [0.1, 0.15) is 0 Å². The van der Waals surface area contributed by atoms with Gasteiger partial charge in [-0.05, 0) is 68.6 Å². The van der Waals surface area contributed by atoms with E-state index in [-0.39, 0.29) is 17.4 Å². The first kappa shape index (κ1) is 25.4. The van der Waals surface area contributed by atoms with Gasteiger partial charge in [-0.1, -0.05) is 24.4 Å². The lowest BCUT2D eigenvalue weighted by Gasteiger charge is -2.32. The third kappa shape index (κ3) is 6.73. The Balaban J connectivity index is 1.33. The number of benzene rings is 1. The lowest BCUT2D eigenvalue weighted by Crippen LogP contribution is -2.43. The number of nitrogens with one attached hydrogen (secondary N) is 2. The third-order valence-electron chi connectivity index (χ3n) is 6.69. The molecule has 2 aliphatic rings. The highest BCUT2D eigenvalue weighted by molar-refractivity contribution is 6.31. The molecule has 0 spiro atoms. The van der Waals surface area contributed by atoms with E-state index in [2.05, 4.69) is 20.5 Å². The second-order valence-electron chi connectivity index (χ2n) is 9.26. The Bertz CT molecular complexity index is 1060. The van der Waals surface area contributed by atoms with Crippen molar-refractivity contribution in [2.24, 2.45) is 5.92 Å². The fourth-order valence-corrected chi connectivity index (χ4v) is 4.86. The molecule has 0 bridgehead atoms. The van der Waals surface area contributed by atoms with Crippen LogP contribution < -0.4 is 10.6 Å². The number of halogens is 4. The van der Waals surface area contributed by atoms with E-state index in [0.29, 0.717) is 29.5 Å². The van der Waals surface area contributed by atoms with E-state index in [9.17, 15) is 22.8 Å². The molecule has 188 valence electrons. The number of hydrogen-bond acceptors (Lipinski definition) is 4. The van der Waals surface area contributed by atoms with Crippen LogP contribution in [-0.4, -0.2) is 40.8 Å². The molecular formula is C25H28ClF3N4O2. The van der Waals surface area contributed by atoms with Crippen LogP contribution in [0.1, 0.15) is 60.0 Å². The van der Waals surface area contributed by atoms with Crippen LogP contribution in [-0.2, 0) is 17.5 Å². The topological polar surface area (TPSA) is 74.3 Å². The summed E-state index contributed by atoms with van der Waals surface area (Å²) >= 11 is 6.38. The number of amides is 2. The number of alkyl halides is 3. The number of aromatic nitrogens is 1. The van der Waals surface area contributed by atoms with E-state index < -0.39 is 17.6 Å². The van der Waals surface area contributed by atoms with Gasteiger partial charge in [-0.15, -0.1) is 0 Å². The molecule has 0 unspecified atom stereocenters. The number of hydrogen-bond donors (Lipinski definition) is 2. The van der Waals surface area contributed by atoms with Crippen LogP contribution >= 0.6 is 11.6 Å². The maximum atomic E-state index is 12.9. The first-order valence-electron chi connectivity index (χ1n) is 11.8. The van der Waals surface area contributed by atoms with Crippen molar-refractivity contribution >= 4 is 29.1 Å². The minimum Gasteiger partial charge on any atom is -0.353 e. The molecule has 0 atom stereocenters. The fraction of sp³-hybridized carbons (Fsp3) is 0.480. The van der Waals surface area contributed by atoms with Crippen LogP contribution in [0.4, 0.5) is 18.9 Å². The Morgan fingerprint density at radius 2 is 1.77 bits per heavy atom. The Kier molecular flexibility index (Phi) is 7.96. The molecule has 2 aromatic rings. The van der Waals surface area contributed by atoms with Crippen molar-refractivity contribution in [3.8, 4) is 0 Å². The van der Waals surface area contributed by atoms with Gasteiger partial charge < -0.3 is 10.6 Å². The Hall–Kier alpha value is -2.65. The van der Waals surface area contributed by atoms with Crippen LogP contribution in [0.2, 0.25) is 5.02 Å². The minimum atomic E-state index is -4.58. The number of likely N-dealkylation sites (tertiary alicyclic amines) is 1. The largest absolute Gasteiger partial charge is 0.417 e. The highest BCUT2D eigenvalue weighted by Gasteiger charge is 2.32. The number of rotatable bonds is 6. The normalized spacial score (nSPS) is 17.9. The van der Waals surface area contributed by atoms with E-state index >= 15 is 0 Å². The predicted octanol–water partition coefficient (Wildman–Crippen LogP) is 5.28. The SMILES string of the molecule is O=C(Nc1ccc(Cl)c(CN2CCC(C(=O)NC3CCCC3)CC2)c1)c1cncc(C(F)(F)F)c1. The van der Waals surface area contributed by atoms with Crippen molar-refractivity contribution in [1.82, 2.24) is 15.2 Å². The Labute approximate surface area is 207 Å². The van der Waals surface area contributed by atoms with Gasteiger partial charge >= 0.3 is 6.18 Å². The molecule has 1 saturated heterocycles. The predicted molar refractivity (Wildman–Crippen MR) is 127 cm³/mol. The summed E-state index contributed by atoms with van der Waals surface area (Å²) in [5.74, 6) is -0.511. The van der Waals surface area contributed by atoms with Crippen molar-refractivity contribution in [3.05, 3.63) is 58.4 Å². The zero-order chi connectivity index (χ0) is 25.0. The summed E-state index contributed by atoms with van der Waals surface area (Å²) in [6, 6.07) is 6.07. The van der Waals surface area contributed by atoms with Crippen LogP contribution in [0, 0.1) is 5.92 Å². The zero-order valence-electron chi connectivity index (χ0n) is 19.2. The van der Waals surface area contributed by atoms with Gasteiger partial charge in [0.2, 0.25) is 5.91 Å². The number of piperidine rings is 1. The van der Waals surface area contributed by atoms with Gasteiger partial charge in [0.05, 0.1) is 11.1 Å². The molecule has 2 amide bonds. The average molecular weight is 509 g/mol. The molecule has 2 fully saturated rings. The van der Waals surface area contributed by atoms with Gasteiger partial charge in [0.25, 0.3) is 5.91 Å². The van der Waals surface area contributed by atoms with Crippen LogP contribution in [0.5, 0.6) is 0 Å². The van der Waals surface area contributed by atoms with E-state index in [0.717, 1.165) is 56.6 Å². The van der Waals surface area contributed by atoms with E-state index in [4.69, 9.17) is 11.6 Å². The van der Waals surface area contributed by atoms with Crippen molar-refractivity contribution in [2.45, 2.75) is 57.3 Å². The third-order valence-corrected chi connectivity index (χ3v) is 7.05. The number of pyridine rings is 1. The van der Waals surface area contributed by atoms with E-state index in [1.54, 1.807) is 18.2 Å². The molecule has 0 radical (unpaired) electrons. The number of nitrogens with zero attached hydrogens (tertiary/aromatic N) is 2. The first-order valence-corrected chi connectivity index (χ1v) is 12.2. The summed E-state index contributed by atoms with van der Waals surface area (Å²) in [6.07, 6.45) is 3.24. The summed E-state index contributed by atoms with van der Waals surface area (Å²) in [5.41, 5.74) is 0.0506. The smallest absolute Gasteiger partial charge is 0.353 e. The second-order valence-corrected chi connectivity index (χ2v) is 9.67. The van der Waals surface area contributed by atoms with Gasteiger partial charge in [-0.25, -0.2) is 0 Å². The molecule has 35 heavy (non-hydrogen) atoms. The quantitative estimate of drug-likeness (QED) is 0.557. The number of anilines is 1. The summed E-state index contributed by atoms with van der Waals surface area (Å²) in [4.78, 5) is 30.8. The van der Waals surface area contributed by atoms with Crippen molar-refractivity contribution in [1.29, 1.82) is 0 Å². The van der Waals surface area contributed by atoms with Crippen molar-refractivity contribution in [2.75, 3.05) is 18.4 Å². The van der Waals surface area contributed by atoms with Crippen molar-refractivity contribution in [3.63, 3.8) is 0 Å². The fourth-order valence-electron chi connectivity index (χ4n) is 4.68. The summed E-state index contributed by atoms with van der Waals surface area (Å²) < 4.78 is 38.8. The molecule has 1 saturated carbocycles. The molecular weight excluding hydrogens is 481 g/mol.